The topological polar surface area (TPSA) is 67.8 Å². The van der Waals surface area contributed by atoms with E-state index in [0.717, 1.165) is 16.7 Å². The van der Waals surface area contributed by atoms with E-state index in [9.17, 15) is 9.90 Å². The zero-order valence-electron chi connectivity index (χ0n) is 18.7. The first-order chi connectivity index (χ1) is 16.3. The Bertz CT molecular complexity index is 1200. The highest BCUT2D eigenvalue weighted by Crippen LogP contribution is 2.43. The molecule has 3 aromatic carbocycles. The number of hydrogen-bond acceptors (Lipinski definition) is 4. The molecule has 0 aromatic heterocycles. The summed E-state index contributed by atoms with van der Waals surface area (Å²) >= 11 is 12.7. The Morgan fingerprint density at radius 2 is 1.94 bits per heavy atom. The van der Waals surface area contributed by atoms with Crippen LogP contribution >= 0.6 is 23.2 Å². The van der Waals surface area contributed by atoms with Crippen molar-refractivity contribution in [3.8, 4) is 17.2 Å². The molecule has 0 radical (unpaired) electrons. The van der Waals surface area contributed by atoms with Crippen LogP contribution in [-0.2, 0) is 6.42 Å². The van der Waals surface area contributed by atoms with Gasteiger partial charge in [0.1, 0.15) is 17.2 Å². The summed E-state index contributed by atoms with van der Waals surface area (Å²) in [6.07, 6.45) is 1.29. The minimum absolute atomic E-state index is 0.0881. The van der Waals surface area contributed by atoms with Crippen LogP contribution in [0.2, 0.25) is 10.0 Å². The molecule has 176 valence electrons. The van der Waals surface area contributed by atoms with Crippen LogP contribution < -0.4 is 14.8 Å². The van der Waals surface area contributed by atoms with Crippen LogP contribution in [0.3, 0.4) is 0 Å². The number of allylic oxidation sites excluding steroid dienone is 1. The normalized spacial score (nSPS) is 14.6. The molecule has 34 heavy (non-hydrogen) atoms. The molecule has 5 nitrogen and oxygen atoms in total. The lowest BCUT2D eigenvalue weighted by atomic mass is 9.92. The number of carbonyl (C=O) groups is 1. The second-order valence-electron chi connectivity index (χ2n) is 8.17. The third-order valence-electron chi connectivity index (χ3n) is 5.86. The molecule has 0 spiro atoms. The summed E-state index contributed by atoms with van der Waals surface area (Å²) in [7, 11) is 0. The fourth-order valence-corrected chi connectivity index (χ4v) is 4.53. The van der Waals surface area contributed by atoms with Gasteiger partial charge in [0.15, 0.2) is 0 Å². The van der Waals surface area contributed by atoms with Crippen LogP contribution in [0.25, 0.3) is 0 Å². The molecule has 1 atom stereocenters. The van der Waals surface area contributed by atoms with Gasteiger partial charge in [-0.25, -0.2) is 0 Å². The first-order valence-electron chi connectivity index (χ1n) is 11.0. The number of ether oxygens (including phenoxy) is 2. The van der Waals surface area contributed by atoms with Gasteiger partial charge in [0, 0.05) is 34.7 Å². The molecule has 0 saturated carbocycles. The van der Waals surface area contributed by atoms with Crippen LogP contribution in [0, 0.1) is 6.92 Å². The third kappa shape index (κ3) is 5.32. The number of aryl methyl sites for hydroxylation is 1. The lowest BCUT2D eigenvalue weighted by molar-refractivity contribution is 0.0954. The van der Waals surface area contributed by atoms with Crippen molar-refractivity contribution in [3.63, 3.8) is 0 Å². The summed E-state index contributed by atoms with van der Waals surface area (Å²) in [6, 6.07) is 16.0. The van der Waals surface area contributed by atoms with Gasteiger partial charge >= 0.3 is 0 Å². The number of amides is 1. The highest BCUT2D eigenvalue weighted by Gasteiger charge is 2.26. The number of benzene rings is 3. The Kier molecular flexibility index (Phi) is 7.35. The molecule has 0 fully saturated rings. The summed E-state index contributed by atoms with van der Waals surface area (Å²) in [4.78, 5) is 12.5. The summed E-state index contributed by atoms with van der Waals surface area (Å²) in [5, 5.41) is 13.9. The molecule has 0 bridgehead atoms. The minimum atomic E-state index is -0.213. The smallest absolute Gasteiger partial charge is 0.251 e. The molecule has 1 aliphatic rings. The fourth-order valence-electron chi connectivity index (χ4n) is 4.00. The van der Waals surface area contributed by atoms with Gasteiger partial charge in [-0.15, -0.1) is 0 Å². The average Bonchev–Trinajstić information content (AvgIpc) is 2.81. The molecule has 2 N–H and O–H groups in total. The summed E-state index contributed by atoms with van der Waals surface area (Å²) in [5.41, 5.74) is 3.45. The van der Waals surface area contributed by atoms with Crippen molar-refractivity contribution in [2.45, 2.75) is 25.7 Å². The van der Waals surface area contributed by atoms with Crippen molar-refractivity contribution in [1.29, 1.82) is 0 Å². The van der Waals surface area contributed by atoms with Gasteiger partial charge < -0.3 is 19.9 Å². The number of halogens is 2. The Balaban J connectivity index is 1.39. The average molecular weight is 498 g/mol. The number of aliphatic hydroxyl groups excluding tert-OH is 1. The van der Waals surface area contributed by atoms with E-state index in [0.29, 0.717) is 58.9 Å². The van der Waals surface area contributed by atoms with E-state index in [1.165, 1.54) is 0 Å². The van der Waals surface area contributed by atoms with Crippen LogP contribution in [0.5, 0.6) is 17.2 Å². The van der Waals surface area contributed by atoms with E-state index < -0.39 is 0 Å². The molecule has 4 rings (SSSR count). The van der Waals surface area contributed by atoms with E-state index in [2.05, 4.69) is 11.9 Å². The quantitative estimate of drug-likeness (QED) is 0.344. The summed E-state index contributed by atoms with van der Waals surface area (Å²) in [5.74, 6) is 1.27. The largest absolute Gasteiger partial charge is 0.512 e. The zero-order chi connectivity index (χ0) is 24.2. The van der Waals surface area contributed by atoms with Crippen molar-refractivity contribution in [3.05, 3.63) is 99.2 Å². The van der Waals surface area contributed by atoms with Crippen molar-refractivity contribution >= 4 is 29.1 Å². The highest BCUT2D eigenvalue weighted by molar-refractivity contribution is 6.32. The van der Waals surface area contributed by atoms with Crippen LogP contribution in [0.4, 0.5) is 0 Å². The van der Waals surface area contributed by atoms with Gasteiger partial charge in [0.05, 0.1) is 17.4 Å². The predicted octanol–water partition coefficient (Wildman–Crippen LogP) is 7.00. The number of fused-ring (bicyclic) bond motifs is 1. The number of rotatable bonds is 7. The van der Waals surface area contributed by atoms with E-state index in [-0.39, 0.29) is 17.6 Å². The highest BCUT2D eigenvalue weighted by atomic mass is 35.5. The van der Waals surface area contributed by atoms with Crippen molar-refractivity contribution < 1.29 is 19.4 Å². The monoisotopic (exact) mass is 497 g/mol. The Morgan fingerprint density at radius 3 is 2.65 bits per heavy atom. The molecule has 1 amide bonds. The van der Waals surface area contributed by atoms with E-state index in [4.69, 9.17) is 32.7 Å². The second-order valence-corrected chi connectivity index (χ2v) is 8.98. The molecular weight excluding hydrogens is 473 g/mol. The van der Waals surface area contributed by atoms with E-state index >= 15 is 0 Å². The summed E-state index contributed by atoms with van der Waals surface area (Å²) in [6.45, 7) is 6.60. The molecule has 1 aliphatic heterocycles. The third-order valence-corrected chi connectivity index (χ3v) is 6.51. The van der Waals surface area contributed by atoms with Crippen molar-refractivity contribution in [1.82, 2.24) is 5.32 Å². The van der Waals surface area contributed by atoms with Crippen molar-refractivity contribution in [2.75, 3.05) is 13.2 Å². The van der Waals surface area contributed by atoms with Gasteiger partial charge in [-0.2, -0.15) is 0 Å². The standard InChI is InChI=1S/C27H25Cl2NO4/c1-16-4-3-5-23(28)20(16)10-12-30-27(32)18-6-8-19(9-7-18)34-26-15-25-22(14-24(26)29)21(17(2)31)11-13-33-25/h3-9,14-15,21,31H,2,10-13H2,1H3,(H,30,32). The fraction of sp³-hybridized carbons (Fsp3) is 0.222. The maximum absolute atomic E-state index is 12.5. The number of hydrogen-bond donors (Lipinski definition) is 2. The Morgan fingerprint density at radius 1 is 1.18 bits per heavy atom. The molecule has 7 heteroatoms. The SMILES string of the molecule is C=C(O)C1CCOc2cc(Oc3ccc(C(=O)NCCc4c(C)cccc4Cl)cc3)c(Cl)cc21. The Labute approximate surface area is 208 Å². The minimum Gasteiger partial charge on any atom is -0.512 e. The number of nitrogens with one attached hydrogen (secondary N) is 1. The maximum atomic E-state index is 12.5. The molecule has 3 aromatic rings. The summed E-state index contributed by atoms with van der Waals surface area (Å²) < 4.78 is 11.6. The van der Waals surface area contributed by atoms with Crippen LogP contribution in [0.1, 0.15) is 39.4 Å². The van der Waals surface area contributed by atoms with E-state index in [1.807, 2.05) is 25.1 Å². The number of carbonyl (C=O) groups excluding carboxylic acids is 1. The molecule has 0 aliphatic carbocycles. The van der Waals surface area contributed by atoms with Gasteiger partial charge in [-0.1, -0.05) is 41.9 Å². The first-order valence-corrected chi connectivity index (χ1v) is 11.7. The van der Waals surface area contributed by atoms with Gasteiger partial charge in [-0.05, 0) is 67.3 Å². The first kappa shape index (κ1) is 24.0. The molecular formula is C27H25Cl2NO4. The van der Waals surface area contributed by atoms with Gasteiger partial charge in [0.25, 0.3) is 5.91 Å². The van der Waals surface area contributed by atoms with Gasteiger partial charge in [0.2, 0.25) is 0 Å². The van der Waals surface area contributed by atoms with E-state index in [1.54, 1.807) is 36.4 Å². The van der Waals surface area contributed by atoms with Crippen LogP contribution in [0.15, 0.2) is 66.9 Å². The molecule has 1 heterocycles. The van der Waals surface area contributed by atoms with Crippen molar-refractivity contribution in [2.24, 2.45) is 0 Å². The number of aliphatic hydroxyl groups is 1. The zero-order valence-corrected chi connectivity index (χ0v) is 20.2. The molecule has 1 unspecified atom stereocenters. The predicted molar refractivity (Wildman–Crippen MR) is 135 cm³/mol. The Hall–Kier alpha value is -3.15. The molecule has 0 saturated heterocycles. The van der Waals surface area contributed by atoms with Crippen LogP contribution in [-0.4, -0.2) is 24.2 Å². The maximum Gasteiger partial charge on any atom is 0.251 e. The lowest BCUT2D eigenvalue weighted by Crippen LogP contribution is -2.25. The lowest BCUT2D eigenvalue weighted by Gasteiger charge is -2.26. The second kappa shape index (κ2) is 10.4. The van der Waals surface area contributed by atoms with Gasteiger partial charge in [-0.3, -0.25) is 4.79 Å².